The molecule has 1 fully saturated rings. The number of hydrogen-bond donors (Lipinski definition) is 2. The monoisotopic (exact) mass is 575 g/mol. The Hall–Kier alpha value is -4.47. The molecule has 0 radical (unpaired) electrons. The fourth-order valence-electron chi connectivity index (χ4n) is 4.70. The van der Waals surface area contributed by atoms with Crippen LogP contribution in [0.25, 0.3) is 5.69 Å². The van der Waals surface area contributed by atoms with Gasteiger partial charge in [-0.1, -0.05) is 29.8 Å². The van der Waals surface area contributed by atoms with Gasteiger partial charge in [-0.15, -0.1) is 0 Å². The molecule has 5 rings (SSSR count). The molecule has 4 aromatic rings. The molecule has 1 saturated carbocycles. The molecule has 1 aromatic heterocycles. The zero-order valence-electron chi connectivity index (χ0n) is 22.1. The molecule has 0 spiro atoms. The van der Waals surface area contributed by atoms with Gasteiger partial charge < -0.3 is 20.1 Å². The molecule has 41 heavy (non-hydrogen) atoms. The van der Waals surface area contributed by atoms with Gasteiger partial charge >= 0.3 is 0 Å². The van der Waals surface area contributed by atoms with Crippen molar-refractivity contribution in [2.75, 3.05) is 24.4 Å². The van der Waals surface area contributed by atoms with Crippen LogP contribution in [-0.4, -0.2) is 30.1 Å². The number of carbonyl (C=O) groups is 2. The number of halogens is 2. The molecule has 0 saturated heterocycles. The van der Waals surface area contributed by atoms with Crippen LogP contribution in [0.1, 0.15) is 5.56 Å². The topological polar surface area (TPSA) is 98.7 Å². The summed E-state index contributed by atoms with van der Waals surface area (Å²) in [6.07, 6.45) is 1.53. The third-order valence-electron chi connectivity index (χ3n) is 6.94. The van der Waals surface area contributed by atoms with E-state index in [2.05, 4.69) is 10.6 Å². The van der Waals surface area contributed by atoms with Crippen molar-refractivity contribution in [3.63, 3.8) is 0 Å². The summed E-state index contributed by atoms with van der Waals surface area (Å²) in [5.41, 5.74) is 1.41. The van der Waals surface area contributed by atoms with Crippen LogP contribution in [0.4, 0.5) is 15.8 Å². The van der Waals surface area contributed by atoms with Gasteiger partial charge in [0, 0.05) is 35.0 Å². The summed E-state index contributed by atoms with van der Waals surface area (Å²) < 4.78 is 27.3. The molecular weight excluding hydrogens is 549 g/mol. The van der Waals surface area contributed by atoms with Crippen LogP contribution in [0, 0.1) is 23.6 Å². The van der Waals surface area contributed by atoms with Gasteiger partial charge in [0.05, 0.1) is 43.5 Å². The third kappa shape index (κ3) is 6.65. The van der Waals surface area contributed by atoms with Gasteiger partial charge in [-0.25, -0.2) is 4.39 Å². The van der Waals surface area contributed by atoms with Gasteiger partial charge in [0.25, 0.3) is 5.56 Å². The van der Waals surface area contributed by atoms with Crippen molar-refractivity contribution in [2.24, 2.45) is 17.8 Å². The van der Waals surface area contributed by atoms with Gasteiger partial charge in [-0.3, -0.25) is 19.0 Å². The predicted molar refractivity (Wildman–Crippen MR) is 154 cm³/mol. The minimum atomic E-state index is -0.728. The van der Waals surface area contributed by atoms with Crippen LogP contribution < -0.4 is 20.9 Å². The number of nitrogens with zero attached hydrogens (tertiary/aromatic N) is 1. The van der Waals surface area contributed by atoms with Gasteiger partial charge in [-0.2, -0.15) is 0 Å². The highest BCUT2D eigenvalue weighted by Crippen LogP contribution is 2.48. The lowest BCUT2D eigenvalue weighted by Gasteiger charge is -2.10. The van der Waals surface area contributed by atoms with Crippen LogP contribution in [-0.2, 0) is 20.9 Å². The Labute approximate surface area is 240 Å². The molecule has 1 aliphatic rings. The first-order valence-electron chi connectivity index (χ1n) is 12.9. The van der Waals surface area contributed by atoms with E-state index < -0.39 is 29.5 Å². The molecule has 3 atom stereocenters. The smallest absolute Gasteiger partial charge is 0.255 e. The number of methoxy groups -OCH3 is 1. The zero-order chi connectivity index (χ0) is 28.9. The standard InChI is InChI=1S/C31H27ClFN3O5/c1-40-23-12-5-19(6-13-23)17-41-18-24-28(30(38)34-21-9-7-20(32)8-10-21)29(24)31(39)35-26-14-11-22(16-25(26)33)36-15-3-2-4-27(36)37/h2-16,24,28-29H,17-18H2,1H3,(H,34,38)(H,35,39)/t24-,28-,29+/m0/s1. The van der Waals surface area contributed by atoms with Gasteiger partial charge in [0.15, 0.2) is 0 Å². The van der Waals surface area contributed by atoms with Crippen LogP contribution in [0.3, 0.4) is 0 Å². The number of rotatable bonds is 10. The maximum atomic E-state index is 15.0. The molecule has 2 amide bonds. The minimum absolute atomic E-state index is 0.0515. The van der Waals surface area contributed by atoms with Crippen molar-refractivity contribution >= 4 is 34.8 Å². The largest absolute Gasteiger partial charge is 0.497 e. The van der Waals surface area contributed by atoms with Crippen molar-refractivity contribution in [3.8, 4) is 11.4 Å². The van der Waals surface area contributed by atoms with Crippen LogP contribution in [0.5, 0.6) is 5.75 Å². The van der Waals surface area contributed by atoms with Gasteiger partial charge in [0.1, 0.15) is 11.6 Å². The predicted octanol–water partition coefficient (Wildman–Crippen LogP) is 5.29. The Morgan fingerprint density at radius 3 is 2.29 bits per heavy atom. The van der Waals surface area contributed by atoms with Crippen LogP contribution in [0.2, 0.25) is 5.02 Å². The lowest BCUT2D eigenvalue weighted by Crippen LogP contribution is -2.21. The van der Waals surface area contributed by atoms with Crippen LogP contribution in [0.15, 0.2) is 95.9 Å². The van der Waals surface area contributed by atoms with Gasteiger partial charge in [-0.05, 0) is 60.2 Å². The summed E-state index contributed by atoms with van der Waals surface area (Å²) in [6, 6.07) is 22.7. The Kier molecular flexibility index (Phi) is 8.47. The first kappa shape index (κ1) is 28.1. The van der Waals surface area contributed by atoms with E-state index in [-0.39, 0.29) is 30.4 Å². The highest BCUT2D eigenvalue weighted by atomic mass is 35.5. The molecule has 2 N–H and O–H groups in total. The molecule has 210 valence electrons. The first-order chi connectivity index (χ1) is 19.8. The Balaban J connectivity index is 1.28. The number of benzene rings is 3. The highest BCUT2D eigenvalue weighted by Gasteiger charge is 2.59. The summed E-state index contributed by atoms with van der Waals surface area (Å²) in [5, 5.41) is 5.95. The van der Waals surface area contributed by atoms with Gasteiger partial charge in [0.2, 0.25) is 11.8 Å². The van der Waals surface area contributed by atoms with E-state index in [4.69, 9.17) is 21.1 Å². The summed E-state index contributed by atoms with van der Waals surface area (Å²) in [5.74, 6) is -2.64. The lowest BCUT2D eigenvalue weighted by molar-refractivity contribution is -0.122. The number of anilines is 2. The first-order valence-corrected chi connectivity index (χ1v) is 13.3. The molecule has 1 heterocycles. The Bertz CT molecular complexity index is 1610. The average molecular weight is 576 g/mol. The second kappa shape index (κ2) is 12.4. The molecule has 10 heteroatoms. The molecule has 0 aliphatic heterocycles. The summed E-state index contributed by atoms with van der Waals surface area (Å²) >= 11 is 5.94. The van der Waals surface area contributed by atoms with Crippen molar-refractivity contribution in [2.45, 2.75) is 6.61 Å². The molecule has 1 aliphatic carbocycles. The summed E-state index contributed by atoms with van der Waals surface area (Å²) in [6.45, 7) is 0.441. The third-order valence-corrected chi connectivity index (χ3v) is 7.19. The molecular formula is C31H27ClFN3O5. The molecule has 0 bridgehead atoms. The quantitative estimate of drug-likeness (QED) is 0.268. The van der Waals surface area contributed by atoms with Crippen molar-refractivity contribution < 1.29 is 23.5 Å². The molecule has 3 aromatic carbocycles. The van der Waals surface area contributed by atoms with E-state index in [1.54, 1.807) is 43.5 Å². The van der Waals surface area contributed by atoms with E-state index in [0.717, 1.165) is 11.3 Å². The SMILES string of the molecule is COc1ccc(COC[C@@H]2[C@@H](C(=O)Nc3ccc(-n4ccccc4=O)cc3F)[C@H]2C(=O)Nc2ccc(Cl)cc2)cc1. The van der Waals surface area contributed by atoms with Crippen molar-refractivity contribution in [1.82, 2.24) is 4.57 Å². The fourth-order valence-corrected chi connectivity index (χ4v) is 4.83. The fraction of sp³-hybridized carbons (Fsp3) is 0.194. The van der Waals surface area contributed by atoms with Crippen molar-refractivity contribution in [1.29, 1.82) is 0 Å². The van der Waals surface area contributed by atoms with E-state index >= 15 is 0 Å². The van der Waals surface area contributed by atoms with E-state index in [1.807, 2.05) is 24.3 Å². The zero-order valence-corrected chi connectivity index (χ0v) is 22.8. The number of nitrogens with one attached hydrogen (secondary N) is 2. The summed E-state index contributed by atoms with van der Waals surface area (Å²) in [7, 11) is 1.59. The molecule has 8 nitrogen and oxygen atoms in total. The van der Waals surface area contributed by atoms with Crippen molar-refractivity contribution in [3.05, 3.63) is 118 Å². The maximum absolute atomic E-state index is 15.0. The second-order valence-corrected chi connectivity index (χ2v) is 10.1. The normalized spacial score (nSPS) is 17.5. The number of ether oxygens (including phenoxy) is 2. The average Bonchev–Trinajstić information content (AvgIpc) is 3.70. The highest BCUT2D eigenvalue weighted by molar-refractivity contribution is 6.30. The van der Waals surface area contributed by atoms with Crippen LogP contribution >= 0.6 is 11.6 Å². The van der Waals surface area contributed by atoms with E-state index in [1.165, 1.54) is 35.0 Å². The number of pyridine rings is 1. The summed E-state index contributed by atoms with van der Waals surface area (Å²) in [4.78, 5) is 38.5. The number of carbonyl (C=O) groups excluding carboxylic acids is 2. The number of amides is 2. The Morgan fingerprint density at radius 2 is 1.63 bits per heavy atom. The maximum Gasteiger partial charge on any atom is 0.255 e. The number of hydrogen-bond acceptors (Lipinski definition) is 5. The van der Waals surface area contributed by atoms with E-state index in [0.29, 0.717) is 16.4 Å². The Morgan fingerprint density at radius 1 is 0.927 bits per heavy atom. The second-order valence-electron chi connectivity index (χ2n) is 9.64. The number of aromatic nitrogens is 1. The lowest BCUT2D eigenvalue weighted by atomic mass is 10.2. The molecule has 0 unspecified atom stereocenters. The van der Waals surface area contributed by atoms with E-state index in [9.17, 15) is 18.8 Å². The minimum Gasteiger partial charge on any atom is -0.497 e.